The van der Waals surface area contributed by atoms with Gasteiger partial charge in [0.15, 0.2) is 0 Å². The Balaban J connectivity index is 1.37. The number of ether oxygens (including phenoxy) is 1. The number of aromatic nitrogens is 3. The summed E-state index contributed by atoms with van der Waals surface area (Å²) in [4.78, 5) is 39.2. The summed E-state index contributed by atoms with van der Waals surface area (Å²) in [5, 5.41) is 0. The molecule has 2 fully saturated rings. The topological polar surface area (TPSA) is 80.0 Å². The van der Waals surface area contributed by atoms with Crippen LogP contribution < -0.4 is 0 Å². The predicted octanol–water partition coefficient (Wildman–Crippen LogP) is 2.53. The van der Waals surface area contributed by atoms with Crippen molar-refractivity contribution in [2.24, 2.45) is 0 Å². The van der Waals surface area contributed by atoms with Crippen LogP contribution in [0.5, 0.6) is 0 Å². The van der Waals surface area contributed by atoms with Crippen molar-refractivity contribution in [3.63, 3.8) is 0 Å². The van der Waals surface area contributed by atoms with E-state index in [9.17, 15) is 9.59 Å². The number of morpholine rings is 1. The number of imidazole rings is 1. The van der Waals surface area contributed by atoms with Crippen LogP contribution in [-0.2, 0) is 4.74 Å². The number of amides is 2. The molecule has 0 bridgehead atoms. The molecule has 0 N–H and O–H groups in total. The molecule has 0 radical (unpaired) electrons. The van der Waals surface area contributed by atoms with E-state index in [0.717, 1.165) is 29.7 Å². The summed E-state index contributed by atoms with van der Waals surface area (Å²) >= 11 is 0. The van der Waals surface area contributed by atoms with Crippen LogP contribution in [0.4, 0.5) is 0 Å². The van der Waals surface area contributed by atoms with E-state index in [1.807, 2.05) is 51.6 Å². The molecule has 3 aromatic heterocycles. The Morgan fingerprint density at radius 3 is 2.78 bits per heavy atom. The number of nitrogens with zero attached hydrogens (tertiary/aromatic N) is 5. The molecule has 1 atom stereocenters. The highest BCUT2D eigenvalue weighted by Crippen LogP contribution is 2.29. The van der Waals surface area contributed by atoms with Crippen LogP contribution in [0, 0.1) is 6.92 Å². The van der Waals surface area contributed by atoms with Crippen LogP contribution in [0.3, 0.4) is 0 Å². The SMILES string of the molecule is Cc1ccn2cc(C(=O)N3CCC[C@H](c4ncccc4C(=O)N4CCOCC4)C3)nc2c1. The van der Waals surface area contributed by atoms with Gasteiger partial charge in [-0.05, 0) is 49.6 Å². The second kappa shape index (κ2) is 8.70. The Hall–Kier alpha value is -3.26. The van der Waals surface area contributed by atoms with E-state index < -0.39 is 0 Å². The summed E-state index contributed by atoms with van der Waals surface area (Å²) < 4.78 is 7.26. The summed E-state index contributed by atoms with van der Waals surface area (Å²) in [6.45, 7) is 5.53. The standard InChI is InChI=1S/C24H27N5O3/c1-17-6-9-28-16-20(26-21(28)14-17)24(31)29-8-3-4-18(15-29)22-19(5-2-7-25-22)23(30)27-10-12-32-13-11-27/h2,5-7,9,14,16,18H,3-4,8,10-13,15H2,1H3/t18-/m0/s1. The lowest BCUT2D eigenvalue weighted by Crippen LogP contribution is -2.42. The van der Waals surface area contributed by atoms with Crippen molar-refractivity contribution in [3.05, 3.63) is 65.4 Å². The molecule has 0 unspecified atom stereocenters. The molecule has 5 heterocycles. The molecule has 2 amide bonds. The first-order chi connectivity index (χ1) is 15.6. The van der Waals surface area contributed by atoms with Gasteiger partial charge in [0, 0.05) is 50.7 Å². The highest BCUT2D eigenvalue weighted by atomic mass is 16.5. The maximum Gasteiger partial charge on any atom is 0.274 e. The van der Waals surface area contributed by atoms with Crippen LogP contribution >= 0.6 is 0 Å². The Morgan fingerprint density at radius 1 is 1.09 bits per heavy atom. The molecule has 0 saturated carbocycles. The Kier molecular flexibility index (Phi) is 5.61. The van der Waals surface area contributed by atoms with Crippen LogP contribution in [-0.4, -0.2) is 75.4 Å². The van der Waals surface area contributed by atoms with Crippen molar-refractivity contribution >= 4 is 17.5 Å². The lowest BCUT2D eigenvalue weighted by atomic mass is 9.91. The third-order valence-electron chi connectivity index (χ3n) is 6.30. The number of piperidine rings is 1. The van der Waals surface area contributed by atoms with Gasteiger partial charge in [0.25, 0.3) is 11.8 Å². The van der Waals surface area contributed by atoms with Gasteiger partial charge in [0.2, 0.25) is 0 Å². The summed E-state index contributed by atoms with van der Waals surface area (Å²) in [7, 11) is 0. The quantitative estimate of drug-likeness (QED) is 0.634. The third-order valence-corrected chi connectivity index (χ3v) is 6.30. The fourth-order valence-electron chi connectivity index (χ4n) is 4.59. The highest BCUT2D eigenvalue weighted by molar-refractivity contribution is 5.96. The zero-order valence-corrected chi connectivity index (χ0v) is 18.2. The van der Waals surface area contributed by atoms with Crippen LogP contribution in [0.15, 0.2) is 42.9 Å². The second-order valence-corrected chi connectivity index (χ2v) is 8.53. The monoisotopic (exact) mass is 433 g/mol. The Bertz CT molecular complexity index is 1150. The Morgan fingerprint density at radius 2 is 1.94 bits per heavy atom. The number of likely N-dealkylation sites (tertiary alicyclic amines) is 1. The van der Waals surface area contributed by atoms with Gasteiger partial charge in [-0.15, -0.1) is 0 Å². The Labute approximate surface area is 186 Å². The maximum atomic E-state index is 13.2. The molecule has 2 aliphatic heterocycles. The average molecular weight is 434 g/mol. The van der Waals surface area contributed by atoms with E-state index in [1.54, 1.807) is 12.4 Å². The number of hydrogen-bond donors (Lipinski definition) is 0. The van der Waals surface area contributed by atoms with Gasteiger partial charge in [0.1, 0.15) is 11.3 Å². The zero-order chi connectivity index (χ0) is 22.1. The van der Waals surface area contributed by atoms with Gasteiger partial charge in [-0.2, -0.15) is 0 Å². The highest BCUT2D eigenvalue weighted by Gasteiger charge is 2.31. The number of fused-ring (bicyclic) bond motifs is 1. The van der Waals surface area contributed by atoms with Gasteiger partial charge in [0.05, 0.1) is 24.5 Å². The minimum absolute atomic E-state index is 0.00410. The molecule has 32 heavy (non-hydrogen) atoms. The summed E-state index contributed by atoms with van der Waals surface area (Å²) in [6, 6.07) is 7.62. The normalized spacial score (nSPS) is 19.3. The van der Waals surface area contributed by atoms with E-state index in [1.165, 1.54) is 0 Å². The third kappa shape index (κ3) is 3.98. The van der Waals surface area contributed by atoms with Crippen molar-refractivity contribution in [1.82, 2.24) is 24.2 Å². The first-order valence-electron chi connectivity index (χ1n) is 11.2. The number of rotatable bonds is 3. The number of pyridine rings is 2. The van der Waals surface area contributed by atoms with Gasteiger partial charge < -0.3 is 18.9 Å². The van der Waals surface area contributed by atoms with Crippen molar-refractivity contribution in [2.45, 2.75) is 25.7 Å². The predicted molar refractivity (Wildman–Crippen MR) is 119 cm³/mol. The number of carbonyl (C=O) groups is 2. The zero-order valence-electron chi connectivity index (χ0n) is 18.2. The minimum Gasteiger partial charge on any atom is -0.378 e. The molecule has 5 rings (SSSR count). The van der Waals surface area contributed by atoms with Gasteiger partial charge in [-0.25, -0.2) is 4.98 Å². The molecule has 2 aliphatic rings. The number of carbonyl (C=O) groups excluding carboxylic acids is 2. The fraction of sp³-hybridized carbons (Fsp3) is 0.417. The molecule has 0 spiro atoms. The van der Waals surface area contributed by atoms with Crippen molar-refractivity contribution in [3.8, 4) is 0 Å². The van der Waals surface area contributed by atoms with E-state index in [2.05, 4.69) is 9.97 Å². The fourth-order valence-corrected chi connectivity index (χ4v) is 4.59. The molecule has 0 aromatic carbocycles. The largest absolute Gasteiger partial charge is 0.378 e. The first kappa shape index (κ1) is 20.6. The van der Waals surface area contributed by atoms with E-state index >= 15 is 0 Å². The summed E-state index contributed by atoms with van der Waals surface area (Å²) in [5.41, 5.74) is 3.74. The molecule has 0 aliphatic carbocycles. The molecule has 8 nitrogen and oxygen atoms in total. The lowest BCUT2D eigenvalue weighted by Gasteiger charge is -2.33. The van der Waals surface area contributed by atoms with Gasteiger partial charge in [-0.1, -0.05) is 0 Å². The molecule has 3 aromatic rings. The molecule has 2 saturated heterocycles. The van der Waals surface area contributed by atoms with Gasteiger partial charge in [-0.3, -0.25) is 14.6 Å². The number of hydrogen-bond acceptors (Lipinski definition) is 5. The van der Waals surface area contributed by atoms with Crippen LogP contribution in [0.1, 0.15) is 50.9 Å². The second-order valence-electron chi connectivity index (χ2n) is 8.53. The van der Waals surface area contributed by atoms with E-state index in [4.69, 9.17) is 4.74 Å². The van der Waals surface area contributed by atoms with Gasteiger partial charge >= 0.3 is 0 Å². The molecular formula is C24H27N5O3. The molecular weight excluding hydrogens is 406 g/mol. The first-order valence-corrected chi connectivity index (χ1v) is 11.2. The van der Waals surface area contributed by atoms with Crippen LogP contribution in [0.25, 0.3) is 5.65 Å². The summed E-state index contributed by atoms with van der Waals surface area (Å²) in [5.74, 6) is -0.0585. The molecule has 8 heteroatoms. The molecule has 166 valence electrons. The van der Waals surface area contributed by atoms with Crippen molar-refractivity contribution in [1.29, 1.82) is 0 Å². The van der Waals surface area contributed by atoms with E-state index in [-0.39, 0.29) is 17.7 Å². The smallest absolute Gasteiger partial charge is 0.274 e. The minimum atomic E-state index is -0.0759. The average Bonchev–Trinajstić information content (AvgIpc) is 3.27. The van der Waals surface area contributed by atoms with Crippen molar-refractivity contribution < 1.29 is 14.3 Å². The number of aryl methyl sites for hydroxylation is 1. The van der Waals surface area contributed by atoms with Crippen molar-refractivity contribution in [2.75, 3.05) is 39.4 Å². The van der Waals surface area contributed by atoms with Crippen LogP contribution in [0.2, 0.25) is 0 Å². The maximum absolute atomic E-state index is 13.2. The van der Waals surface area contributed by atoms with E-state index in [0.29, 0.717) is 50.7 Å². The lowest BCUT2D eigenvalue weighted by molar-refractivity contribution is 0.0301. The summed E-state index contributed by atoms with van der Waals surface area (Å²) in [6.07, 6.45) is 7.20.